The lowest BCUT2D eigenvalue weighted by Crippen LogP contribution is -2.33. The first-order valence-corrected chi connectivity index (χ1v) is 13.4. The van der Waals surface area contributed by atoms with Crippen LogP contribution in [0.25, 0.3) is 0 Å². The number of benzene rings is 3. The quantitative estimate of drug-likeness (QED) is 0.290. The minimum absolute atomic E-state index is 0.0811. The number of unbranched alkanes of at least 4 members (excludes halogenated alkanes) is 1. The minimum Gasteiger partial charge on any atom is -0.487 e. The summed E-state index contributed by atoms with van der Waals surface area (Å²) in [6, 6.07) is 18.2. The third-order valence-electron chi connectivity index (χ3n) is 6.89. The molecule has 38 heavy (non-hydrogen) atoms. The predicted molar refractivity (Wildman–Crippen MR) is 146 cm³/mol. The Morgan fingerprint density at radius 2 is 1.76 bits per heavy atom. The van der Waals surface area contributed by atoms with Crippen LogP contribution in [0.1, 0.15) is 65.7 Å². The van der Waals surface area contributed by atoms with Crippen LogP contribution in [-0.4, -0.2) is 34.0 Å². The Morgan fingerprint density at radius 3 is 2.45 bits per heavy atom. The van der Waals surface area contributed by atoms with Gasteiger partial charge in [0.1, 0.15) is 17.2 Å². The number of halogens is 2. The predicted octanol–water partition coefficient (Wildman–Crippen LogP) is 6.88. The first-order valence-electron chi connectivity index (χ1n) is 13.0. The van der Waals surface area contributed by atoms with Gasteiger partial charge in [0.15, 0.2) is 0 Å². The second-order valence-electron chi connectivity index (χ2n) is 10.3. The van der Waals surface area contributed by atoms with Gasteiger partial charge >= 0.3 is 5.97 Å². The maximum absolute atomic E-state index is 13.9. The van der Waals surface area contributed by atoms with Gasteiger partial charge in [0.25, 0.3) is 5.91 Å². The molecule has 0 unspecified atom stereocenters. The van der Waals surface area contributed by atoms with E-state index in [0.29, 0.717) is 30.7 Å². The maximum Gasteiger partial charge on any atom is 0.305 e. The number of aryl methyl sites for hydroxylation is 1. The molecule has 7 heteroatoms. The van der Waals surface area contributed by atoms with Crippen molar-refractivity contribution in [2.45, 2.75) is 64.5 Å². The van der Waals surface area contributed by atoms with Gasteiger partial charge in [0.05, 0.1) is 11.4 Å². The van der Waals surface area contributed by atoms with E-state index in [1.54, 1.807) is 29.2 Å². The van der Waals surface area contributed by atoms with Crippen molar-refractivity contribution < 1.29 is 23.8 Å². The van der Waals surface area contributed by atoms with Gasteiger partial charge < -0.3 is 14.7 Å². The first-order chi connectivity index (χ1) is 18.2. The number of carbonyl (C=O) groups excluding carboxylic acids is 1. The molecular weight excluding hydrogens is 505 g/mol. The van der Waals surface area contributed by atoms with Crippen LogP contribution in [0.4, 0.5) is 4.39 Å². The number of hydrogen-bond donors (Lipinski definition) is 1. The van der Waals surface area contributed by atoms with E-state index >= 15 is 0 Å². The molecule has 4 rings (SSSR count). The lowest BCUT2D eigenvalue weighted by atomic mass is 9.91. The Hall–Kier alpha value is -3.38. The molecular formula is C31H33ClFNO4. The molecule has 0 bridgehead atoms. The van der Waals surface area contributed by atoms with E-state index in [1.807, 2.05) is 25.1 Å². The average molecular weight is 538 g/mol. The van der Waals surface area contributed by atoms with Crippen molar-refractivity contribution in [2.24, 2.45) is 0 Å². The summed E-state index contributed by atoms with van der Waals surface area (Å²) in [4.78, 5) is 26.4. The zero-order valence-electron chi connectivity index (χ0n) is 21.8. The number of carbonyl (C=O) groups is 2. The second-order valence-corrected chi connectivity index (χ2v) is 10.7. The van der Waals surface area contributed by atoms with E-state index < -0.39 is 17.4 Å². The van der Waals surface area contributed by atoms with E-state index in [4.69, 9.17) is 16.3 Å². The number of fused-ring (bicyclic) bond motifs is 1. The van der Waals surface area contributed by atoms with Crippen molar-refractivity contribution in [2.75, 3.05) is 6.54 Å². The van der Waals surface area contributed by atoms with E-state index in [0.717, 1.165) is 36.0 Å². The molecule has 0 aromatic heterocycles. The van der Waals surface area contributed by atoms with Gasteiger partial charge in [0, 0.05) is 31.5 Å². The van der Waals surface area contributed by atoms with Gasteiger partial charge in [-0.1, -0.05) is 55.3 Å². The summed E-state index contributed by atoms with van der Waals surface area (Å²) in [5, 5.41) is 9.33. The van der Waals surface area contributed by atoms with Gasteiger partial charge in [-0.25, -0.2) is 4.39 Å². The molecule has 1 aliphatic rings. The van der Waals surface area contributed by atoms with Crippen LogP contribution in [-0.2, 0) is 30.6 Å². The lowest BCUT2D eigenvalue weighted by molar-refractivity contribution is -0.137. The van der Waals surface area contributed by atoms with Crippen LogP contribution < -0.4 is 4.74 Å². The highest BCUT2D eigenvalue weighted by Gasteiger charge is 2.36. The van der Waals surface area contributed by atoms with Gasteiger partial charge in [-0.05, 0) is 72.4 Å². The van der Waals surface area contributed by atoms with Crippen LogP contribution in [0.3, 0.4) is 0 Å². The molecule has 1 atom stereocenters. The van der Waals surface area contributed by atoms with E-state index in [2.05, 4.69) is 19.1 Å². The summed E-state index contributed by atoms with van der Waals surface area (Å²) >= 11 is 5.82. The molecule has 1 heterocycles. The lowest BCUT2D eigenvalue weighted by Gasteiger charge is -2.24. The molecule has 5 nitrogen and oxygen atoms in total. The Balaban J connectivity index is 1.49. The number of rotatable bonds is 11. The summed E-state index contributed by atoms with van der Waals surface area (Å²) in [6.45, 7) is 4.56. The minimum atomic E-state index is -0.950. The van der Waals surface area contributed by atoms with E-state index in [-0.39, 0.29) is 23.9 Å². The van der Waals surface area contributed by atoms with E-state index in [1.165, 1.54) is 11.6 Å². The smallest absolute Gasteiger partial charge is 0.305 e. The standard InChI is InChI=1S/C31H33ClFNO4/c1-3-4-5-21-6-8-22(9-7-21)20-34(15-14-29(35)36)30(37)24-11-13-28-25(17-24)19-31(2,38-28)18-23-10-12-26(32)27(33)16-23/h6-13,16-17H,3-5,14-15,18-20H2,1-2H3,(H,35,36)/t31-/m0/s1. The largest absolute Gasteiger partial charge is 0.487 e. The number of amides is 1. The fraction of sp³-hybridized carbons (Fsp3) is 0.355. The normalized spacial score (nSPS) is 16.1. The molecule has 0 aliphatic carbocycles. The zero-order valence-corrected chi connectivity index (χ0v) is 22.6. The molecule has 0 radical (unpaired) electrons. The summed E-state index contributed by atoms with van der Waals surface area (Å²) < 4.78 is 20.2. The van der Waals surface area contributed by atoms with Crippen LogP contribution in [0.5, 0.6) is 5.75 Å². The molecule has 1 amide bonds. The van der Waals surface area contributed by atoms with Crippen molar-refractivity contribution in [1.82, 2.24) is 4.90 Å². The SMILES string of the molecule is CCCCc1ccc(CN(CCC(=O)O)C(=O)c2ccc3c(c2)C[C@](C)(Cc2ccc(Cl)c(F)c2)O3)cc1. The van der Waals surface area contributed by atoms with E-state index in [9.17, 15) is 19.1 Å². The highest BCUT2D eigenvalue weighted by atomic mass is 35.5. The van der Waals surface area contributed by atoms with Gasteiger partial charge in [0.2, 0.25) is 0 Å². The first kappa shape index (κ1) is 27.6. The van der Waals surface area contributed by atoms with Crippen LogP contribution >= 0.6 is 11.6 Å². The Kier molecular flexibility index (Phi) is 8.72. The van der Waals surface area contributed by atoms with Crippen LogP contribution in [0, 0.1) is 5.82 Å². The molecule has 0 spiro atoms. The number of aliphatic carboxylic acids is 1. The number of carboxylic acid groups (broad SMARTS) is 1. The summed E-state index contributed by atoms with van der Waals surface area (Å²) in [5.41, 5.74) is 3.77. The summed E-state index contributed by atoms with van der Waals surface area (Å²) in [7, 11) is 0. The second kappa shape index (κ2) is 12.0. The van der Waals surface area contributed by atoms with Crippen LogP contribution in [0.2, 0.25) is 5.02 Å². The Morgan fingerprint density at radius 1 is 1.05 bits per heavy atom. The number of ether oxygens (including phenoxy) is 1. The fourth-order valence-corrected chi connectivity index (χ4v) is 5.03. The van der Waals surface area contributed by atoms with Gasteiger partial charge in [-0.15, -0.1) is 0 Å². The highest BCUT2D eigenvalue weighted by molar-refractivity contribution is 6.30. The molecule has 1 aliphatic heterocycles. The molecule has 3 aromatic carbocycles. The molecule has 1 N–H and O–H groups in total. The number of nitrogens with zero attached hydrogens (tertiary/aromatic N) is 1. The third kappa shape index (κ3) is 6.93. The molecule has 0 fully saturated rings. The highest BCUT2D eigenvalue weighted by Crippen LogP contribution is 2.38. The van der Waals surface area contributed by atoms with Crippen molar-refractivity contribution in [3.8, 4) is 5.75 Å². The van der Waals surface area contributed by atoms with Gasteiger partial charge in [-0.2, -0.15) is 0 Å². The van der Waals surface area contributed by atoms with Crippen molar-refractivity contribution >= 4 is 23.5 Å². The van der Waals surface area contributed by atoms with Crippen molar-refractivity contribution in [3.63, 3.8) is 0 Å². The fourth-order valence-electron chi connectivity index (χ4n) is 4.91. The molecule has 200 valence electrons. The van der Waals surface area contributed by atoms with Gasteiger partial charge in [-0.3, -0.25) is 9.59 Å². The van der Waals surface area contributed by atoms with Crippen LogP contribution in [0.15, 0.2) is 60.7 Å². The van der Waals surface area contributed by atoms with Crippen molar-refractivity contribution in [1.29, 1.82) is 0 Å². The monoisotopic (exact) mass is 537 g/mol. The molecule has 3 aromatic rings. The number of carboxylic acids is 1. The zero-order chi connectivity index (χ0) is 27.3. The Labute approximate surface area is 228 Å². The third-order valence-corrected chi connectivity index (χ3v) is 7.20. The average Bonchev–Trinajstić information content (AvgIpc) is 3.22. The Bertz CT molecular complexity index is 1310. The number of hydrogen-bond acceptors (Lipinski definition) is 3. The maximum atomic E-state index is 13.9. The summed E-state index contributed by atoms with van der Waals surface area (Å²) in [6.07, 6.45) is 4.18. The summed E-state index contributed by atoms with van der Waals surface area (Å²) in [5.74, 6) is -0.946. The van der Waals surface area contributed by atoms with Crippen molar-refractivity contribution in [3.05, 3.63) is 99.3 Å². The molecule has 0 saturated carbocycles. The molecule has 0 saturated heterocycles. The topological polar surface area (TPSA) is 66.8 Å².